The largest absolute Gasteiger partial charge is 0.352 e. The van der Waals surface area contributed by atoms with E-state index in [-0.39, 0.29) is 23.4 Å². The van der Waals surface area contributed by atoms with Gasteiger partial charge in [-0.15, -0.1) is 0 Å². The normalized spacial score (nSPS) is 12.2. The Morgan fingerprint density at radius 3 is 2.11 bits per heavy atom. The first-order chi connectivity index (χ1) is 18.0. The molecule has 0 radical (unpaired) electrons. The van der Waals surface area contributed by atoms with Gasteiger partial charge in [-0.3, -0.25) is 13.9 Å². The van der Waals surface area contributed by atoms with Crippen molar-refractivity contribution in [2.45, 2.75) is 57.6 Å². The number of nitrogens with zero attached hydrogens (tertiary/aromatic N) is 2. The zero-order valence-electron chi connectivity index (χ0n) is 22.1. The highest BCUT2D eigenvalue weighted by Crippen LogP contribution is 2.28. The lowest BCUT2D eigenvalue weighted by atomic mass is 10.1. The molecule has 3 aromatic carbocycles. The monoisotopic (exact) mass is 599 g/mol. The van der Waals surface area contributed by atoms with E-state index in [4.69, 9.17) is 0 Å². The molecule has 1 N–H and O–H groups in total. The zero-order valence-corrected chi connectivity index (χ0v) is 24.5. The lowest BCUT2D eigenvalue weighted by Gasteiger charge is -2.33. The molecule has 0 aliphatic heterocycles. The molecular formula is C29H34BrN3O4S. The van der Waals surface area contributed by atoms with Crippen molar-refractivity contribution in [1.29, 1.82) is 0 Å². The molecule has 9 heteroatoms. The lowest BCUT2D eigenvalue weighted by molar-refractivity contribution is -0.139. The fourth-order valence-corrected chi connectivity index (χ4v) is 5.80. The molecule has 0 aliphatic rings. The molecule has 0 aliphatic carbocycles. The number of carbonyl (C=O) groups is 2. The van der Waals surface area contributed by atoms with Gasteiger partial charge in [-0.2, -0.15) is 0 Å². The number of aryl methyl sites for hydroxylation is 1. The number of rotatable bonds is 11. The van der Waals surface area contributed by atoms with Gasteiger partial charge in [0, 0.05) is 17.1 Å². The van der Waals surface area contributed by atoms with Crippen LogP contribution in [-0.2, 0) is 32.6 Å². The van der Waals surface area contributed by atoms with Crippen LogP contribution in [0.2, 0.25) is 0 Å². The molecule has 0 aromatic heterocycles. The van der Waals surface area contributed by atoms with E-state index in [1.54, 1.807) is 37.3 Å². The van der Waals surface area contributed by atoms with Crippen molar-refractivity contribution in [3.05, 3.63) is 94.5 Å². The number of amides is 2. The van der Waals surface area contributed by atoms with Crippen molar-refractivity contribution in [2.24, 2.45) is 0 Å². The van der Waals surface area contributed by atoms with Crippen LogP contribution >= 0.6 is 15.9 Å². The summed E-state index contributed by atoms with van der Waals surface area (Å²) in [5.41, 5.74) is 2.05. The van der Waals surface area contributed by atoms with Gasteiger partial charge < -0.3 is 10.2 Å². The van der Waals surface area contributed by atoms with Gasteiger partial charge in [0.1, 0.15) is 12.6 Å². The van der Waals surface area contributed by atoms with Gasteiger partial charge in [-0.1, -0.05) is 71.4 Å². The Balaban J connectivity index is 2.05. The zero-order chi connectivity index (χ0) is 27.9. The van der Waals surface area contributed by atoms with Crippen molar-refractivity contribution < 1.29 is 18.0 Å². The van der Waals surface area contributed by atoms with Crippen molar-refractivity contribution in [2.75, 3.05) is 10.8 Å². The van der Waals surface area contributed by atoms with E-state index in [1.807, 2.05) is 57.2 Å². The second-order valence-electron chi connectivity index (χ2n) is 9.29. The molecule has 7 nitrogen and oxygen atoms in total. The summed E-state index contributed by atoms with van der Waals surface area (Å²) in [6.45, 7) is 6.98. The highest BCUT2D eigenvalue weighted by atomic mass is 79.9. The summed E-state index contributed by atoms with van der Waals surface area (Å²) >= 11 is 3.42. The summed E-state index contributed by atoms with van der Waals surface area (Å²) in [7, 11) is -4.08. The Bertz CT molecular complexity index is 1350. The van der Waals surface area contributed by atoms with E-state index in [2.05, 4.69) is 21.2 Å². The maximum absolute atomic E-state index is 13.9. The predicted octanol–water partition coefficient (Wildman–Crippen LogP) is 5.15. The second-order valence-corrected chi connectivity index (χ2v) is 12.1. The maximum Gasteiger partial charge on any atom is 0.264 e. The third-order valence-electron chi connectivity index (χ3n) is 6.12. The number of halogens is 1. The van der Waals surface area contributed by atoms with Gasteiger partial charge in [0.05, 0.1) is 10.6 Å². The van der Waals surface area contributed by atoms with Crippen LogP contribution in [0.4, 0.5) is 5.69 Å². The number of hydrogen-bond donors (Lipinski definition) is 1. The molecule has 0 heterocycles. The lowest BCUT2D eigenvalue weighted by Crippen LogP contribution is -2.52. The Hall–Kier alpha value is -3.17. The summed E-state index contributed by atoms with van der Waals surface area (Å²) in [4.78, 5) is 28.4. The first kappa shape index (κ1) is 29.4. The minimum absolute atomic E-state index is 0.0868. The van der Waals surface area contributed by atoms with Crippen LogP contribution in [0.5, 0.6) is 0 Å². The summed E-state index contributed by atoms with van der Waals surface area (Å²) in [5.74, 6) is -0.790. The van der Waals surface area contributed by atoms with Crippen LogP contribution in [0.1, 0.15) is 38.8 Å². The Labute approximate surface area is 234 Å². The van der Waals surface area contributed by atoms with Crippen molar-refractivity contribution in [3.8, 4) is 0 Å². The minimum atomic E-state index is -4.08. The van der Waals surface area contributed by atoms with E-state index < -0.39 is 28.5 Å². The summed E-state index contributed by atoms with van der Waals surface area (Å²) in [6.07, 6.45) is 0.584. The molecule has 3 rings (SSSR count). The minimum Gasteiger partial charge on any atom is -0.352 e. The third kappa shape index (κ3) is 7.23. The molecule has 0 saturated heterocycles. The molecule has 0 fully saturated rings. The number of carbonyl (C=O) groups excluding carboxylic acids is 2. The average molecular weight is 601 g/mol. The van der Waals surface area contributed by atoms with Crippen LogP contribution < -0.4 is 9.62 Å². The van der Waals surface area contributed by atoms with Gasteiger partial charge in [0.25, 0.3) is 10.0 Å². The van der Waals surface area contributed by atoms with Gasteiger partial charge in [-0.25, -0.2) is 8.42 Å². The molecule has 0 spiro atoms. The van der Waals surface area contributed by atoms with E-state index >= 15 is 0 Å². The van der Waals surface area contributed by atoms with Gasteiger partial charge in [-0.05, 0) is 68.7 Å². The summed E-state index contributed by atoms with van der Waals surface area (Å²) < 4.78 is 29.8. The van der Waals surface area contributed by atoms with Crippen LogP contribution in [0, 0.1) is 0 Å². The third-order valence-corrected chi connectivity index (χ3v) is 8.42. The Morgan fingerprint density at radius 2 is 1.50 bits per heavy atom. The second kappa shape index (κ2) is 13.1. The van der Waals surface area contributed by atoms with Crippen molar-refractivity contribution in [1.82, 2.24) is 10.2 Å². The maximum atomic E-state index is 13.9. The molecule has 0 bridgehead atoms. The number of para-hydroxylation sites is 1. The van der Waals surface area contributed by atoms with Crippen LogP contribution in [-0.4, -0.2) is 43.8 Å². The van der Waals surface area contributed by atoms with E-state index in [9.17, 15) is 18.0 Å². The summed E-state index contributed by atoms with van der Waals surface area (Å²) in [6, 6.07) is 21.7. The molecule has 1 unspecified atom stereocenters. The molecule has 2 amide bonds. The quantitative estimate of drug-likeness (QED) is 0.330. The van der Waals surface area contributed by atoms with E-state index in [0.29, 0.717) is 12.1 Å². The smallest absolute Gasteiger partial charge is 0.264 e. The van der Waals surface area contributed by atoms with Crippen LogP contribution in [0.3, 0.4) is 0 Å². The first-order valence-electron chi connectivity index (χ1n) is 12.5. The highest BCUT2D eigenvalue weighted by molar-refractivity contribution is 9.10. The number of benzene rings is 3. The van der Waals surface area contributed by atoms with Gasteiger partial charge in [0.15, 0.2) is 0 Å². The fourth-order valence-electron chi connectivity index (χ4n) is 4.06. The number of nitrogens with one attached hydrogen (secondary N) is 1. The average Bonchev–Trinajstić information content (AvgIpc) is 2.90. The topological polar surface area (TPSA) is 86.8 Å². The van der Waals surface area contributed by atoms with Crippen molar-refractivity contribution in [3.63, 3.8) is 0 Å². The number of sulfonamides is 1. The Kier molecular flexibility index (Phi) is 10.1. The SMILES string of the molecule is CCc1ccccc1N(CC(=O)N(Cc1ccc(Br)cc1)C(C)C(=O)NC(C)C)S(=O)(=O)c1ccccc1. The number of hydrogen-bond acceptors (Lipinski definition) is 4. The molecular weight excluding hydrogens is 566 g/mol. The predicted molar refractivity (Wildman–Crippen MR) is 154 cm³/mol. The van der Waals surface area contributed by atoms with Crippen molar-refractivity contribution >= 4 is 43.5 Å². The summed E-state index contributed by atoms with van der Waals surface area (Å²) in [5, 5.41) is 2.86. The molecule has 0 saturated carbocycles. The molecule has 202 valence electrons. The Morgan fingerprint density at radius 1 is 0.895 bits per heavy atom. The molecule has 38 heavy (non-hydrogen) atoms. The van der Waals surface area contributed by atoms with Gasteiger partial charge >= 0.3 is 0 Å². The standard InChI is InChI=1S/C29H34BrN3O4S/c1-5-24-11-9-10-14-27(24)33(38(36,37)26-12-7-6-8-13-26)20-28(34)32(22(4)29(35)31-21(2)3)19-23-15-17-25(30)18-16-23/h6-18,21-22H,5,19-20H2,1-4H3,(H,31,35). The van der Waals surface area contributed by atoms with Crippen LogP contribution in [0.25, 0.3) is 0 Å². The fraction of sp³-hybridized carbons (Fsp3) is 0.310. The number of anilines is 1. The molecule has 3 aromatic rings. The highest BCUT2D eigenvalue weighted by Gasteiger charge is 2.33. The molecule has 1 atom stereocenters. The van der Waals surface area contributed by atoms with Gasteiger partial charge in [0.2, 0.25) is 11.8 Å². The van der Waals surface area contributed by atoms with Crippen LogP contribution in [0.15, 0.2) is 88.2 Å². The van der Waals surface area contributed by atoms with E-state index in [0.717, 1.165) is 19.9 Å². The first-order valence-corrected chi connectivity index (χ1v) is 14.8. The van der Waals surface area contributed by atoms with E-state index in [1.165, 1.54) is 17.0 Å².